The SMILES string of the molecule is CC[N+]1(C)C(C)(C)CCCC1(C)C. The molecule has 0 saturated carbocycles. The van der Waals surface area contributed by atoms with Crippen molar-refractivity contribution in [2.24, 2.45) is 0 Å². The first-order valence-corrected chi connectivity index (χ1v) is 5.62. The monoisotopic (exact) mass is 184 g/mol. The quantitative estimate of drug-likeness (QED) is 0.549. The fourth-order valence-electron chi connectivity index (χ4n) is 3.12. The van der Waals surface area contributed by atoms with E-state index < -0.39 is 0 Å². The van der Waals surface area contributed by atoms with Crippen LogP contribution in [0, 0.1) is 0 Å². The Labute approximate surface area is 83.7 Å². The fraction of sp³-hybridized carbons (Fsp3) is 1.00. The molecule has 1 heterocycles. The molecule has 0 bridgehead atoms. The molecule has 1 heteroatoms. The van der Waals surface area contributed by atoms with Gasteiger partial charge in [0.2, 0.25) is 0 Å². The lowest BCUT2D eigenvalue weighted by molar-refractivity contribution is -1.00. The summed E-state index contributed by atoms with van der Waals surface area (Å²) in [6.07, 6.45) is 4.15. The summed E-state index contributed by atoms with van der Waals surface area (Å²) in [6.45, 7) is 13.3. The summed E-state index contributed by atoms with van der Waals surface area (Å²) in [7, 11) is 2.43. The van der Waals surface area contributed by atoms with E-state index in [0.717, 1.165) is 0 Å². The van der Waals surface area contributed by atoms with Gasteiger partial charge in [0, 0.05) is 12.8 Å². The Morgan fingerprint density at radius 3 is 1.62 bits per heavy atom. The molecule has 0 radical (unpaired) electrons. The van der Waals surface area contributed by atoms with Crippen molar-refractivity contribution in [3.05, 3.63) is 0 Å². The summed E-state index contributed by atoms with van der Waals surface area (Å²) in [5, 5.41) is 0. The Kier molecular flexibility index (Phi) is 2.53. The molecule has 0 aromatic rings. The van der Waals surface area contributed by atoms with Crippen molar-refractivity contribution in [2.75, 3.05) is 13.6 Å². The second-order valence-electron chi connectivity index (χ2n) is 5.99. The maximum atomic E-state index is 2.43. The maximum absolute atomic E-state index is 2.43. The van der Waals surface area contributed by atoms with Gasteiger partial charge < -0.3 is 4.48 Å². The third-order valence-corrected chi connectivity index (χ3v) is 4.88. The molecular formula is C12H26N+. The van der Waals surface area contributed by atoms with E-state index in [1.165, 1.54) is 30.3 Å². The predicted octanol–water partition coefficient (Wildman–Crippen LogP) is 3.19. The molecule has 0 spiro atoms. The molecule has 0 amide bonds. The van der Waals surface area contributed by atoms with Crippen LogP contribution in [0.15, 0.2) is 0 Å². The zero-order valence-electron chi connectivity index (χ0n) is 10.3. The number of piperidine rings is 1. The number of hydrogen-bond donors (Lipinski definition) is 0. The van der Waals surface area contributed by atoms with Crippen LogP contribution >= 0.6 is 0 Å². The third kappa shape index (κ3) is 1.41. The molecule has 0 atom stereocenters. The highest BCUT2D eigenvalue weighted by Crippen LogP contribution is 2.43. The first-order valence-electron chi connectivity index (χ1n) is 5.62. The van der Waals surface area contributed by atoms with Gasteiger partial charge in [-0.1, -0.05) is 0 Å². The molecule has 78 valence electrons. The number of hydrogen-bond acceptors (Lipinski definition) is 0. The summed E-state index contributed by atoms with van der Waals surface area (Å²) in [6, 6.07) is 0. The Hall–Kier alpha value is -0.0400. The van der Waals surface area contributed by atoms with Gasteiger partial charge in [0.05, 0.1) is 24.7 Å². The summed E-state index contributed by atoms with van der Waals surface area (Å²) >= 11 is 0. The van der Waals surface area contributed by atoms with Gasteiger partial charge in [-0.2, -0.15) is 0 Å². The zero-order valence-corrected chi connectivity index (χ0v) is 10.3. The summed E-state index contributed by atoms with van der Waals surface area (Å²) in [5.41, 5.74) is 0.910. The Morgan fingerprint density at radius 1 is 1.00 bits per heavy atom. The Balaban J connectivity index is 3.05. The van der Waals surface area contributed by atoms with Gasteiger partial charge in [-0.25, -0.2) is 0 Å². The Morgan fingerprint density at radius 2 is 1.38 bits per heavy atom. The van der Waals surface area contributed by atoms with Crippen LogP contribution in [0.3, 0.4) is 0 Å². The highest BCUT2D eigenvalue weighted by molar-refractivity contribution is 4.84. The first kappa shape index (κ1) is 11.0. The van der Waals surface area contributed by atoms with Gasteiger partial charge in [-0.05, 0) is 41.0 Å². The number of quaternary nitrogens is 1. The van der Waals surface area contributed by atoms with E-state index >= 15 is 0 Å². The molecule has 1 fully saturated rings. The van der Waals surface area contributed by atoms with Crippen molar-refractivity contribution in [2.45, 2.75) is 65.0 Å². The summed E-state index contributed by atoms with van der Waals surface area (Å²) < 4.78 is 1.22. The maximum Gasteiger partial charge on any atom is 0.0937 e. The minimum absolute atomic E-state index is 0.455. The highest BCUT2D eigenvalue weighted by Gasteiger charge is 2.52. The van der Waals surface area contributed by atoms with Crippen molar-refractivity contribution in [1.82, 2.24) is 0 Å². The second-order valence-corrected chi connectivity index (χ2v) is 5.99. The minimum atomic E-state index is 0.455. The lowest BCUT2D eigenvalue weighted by Crippen LogP contribution is -2.70. The fourth-order valence-corrected chi connectivity index (χ4v) is 3.12. The average molecular weight is 184 g/mol. The van der Waals surface area contributed by atoms with Crippen molar-refractivity contribution < 1.29 is 4.48 Å². The van der Waals surface area contributed by atoms with E-state index in [2.05, 4.69) is 41.7 Å². The smallest absolute Gasteiger partial charge is 0.0937 e. The molecule has 13 heavy (non-hydrogen) atoms. The molecule has 0 unspecified atom stereocenters. The molecule has 1 aliphatic heterocycles. The first-order chi connectivity index (χ1) is 5.77. The van der Waals surface area contributed by atoms with Crippen molar-refractivity contribution in [1.29, 1.82) is 0 Å². The molecule has 1 aliphatic rings. The third-order valence-electron chi connectivity index (χ3n) is 4.88. The zero-order chi connectivity index (χ0) is 10.3. The molecule has 0 aliphatic carbocycles. The van der Waals surface area contributed by atoms with E-state index in [1.54, 1.807) is 0 Å². The average Bonchev–Trinajstić information content (AvgIpc) is 1.99. The number of likely N-dealkylation sites (tertiary alicyclic amines) is 1. The van der Waals surface area contributed by atoms with Crippen LogP contribution in [0.1, 0.15) is 53.9 Å². The van der Waals surface area contributed by atoms with Gasteiger partial charge >= 0.3 is 0 Å². The Bertz CT molecular complexity index is 175. The molecular weight excluding hydrogens is 158 g/mol. The molecule has 0 aromatic carbocycles. The number of nitrogens with zero attached hydrogens (tertiary/aromatic N) is 1. The topological polar surface area (TPSA) is 0 Å². The molecule has 0 N–H and O–H groups in total. The number of rotatable bonds is 1. The van der Waals surface area contributed by atoms with Crippen molar-refractivity contribution >= 4 is 0 Å². The largest absolute Gasteiger partial charge is 0.318 e. The summed E-state index contributed by atoms with van der Waals surface area (Å²) in [5.74, 6) is 0. The van der Waals surface area contributed by atoms with E-state index in [9.17, 15) is 0 Å². The lowest BCUT2D eigenvalue weighted by atomic mass is 9.77. The van der Waals surface area contributed by atoms with Gasteiger partial charge in [0.1, 0.15) is 0 Å². The van der Waals surface area contributed by atoms with Gasteiger partial charge in [-0.3, -0.25) is 0 Å². The van der Waals surface area contributed by atoms with Crippen LogP contribution in [0.25, 0.3) is 0 Å². The van der Waals surface area contributed by atoms with E-state index in [-0.39, 0.29) is 0 Å². The van der Waals surface area contributed by atoms with Crippen molar-refractivity contribution in [3.8, 4) is 0 Å². The van der Waals surface area contributed by atoms with Gasteiger partial charge in [0.25, 0.3) is 0 Å². The lowest BCUT2D eigenvalue weighted by Gasteiger charge is -2.59. The molecule has 1 saturated heterocycles. The van der Waals surface area contributed by atoms with E-state index in [0.29, 0.717) is 11.1 Å². The minimum Gasteiger partial charge on any atom is -0.318 e. The van der Waals surface area contributed by atoms with Gasteiger partial charge in [0.15, 0.2) is 0 Å². The van der Waals surface area contributed by atoms with Crippen LogP contribution in [-0.2, 0) is 0 Å². The van der Waals surface area contributed by atoms with Crippen LogP contribution in [-0.4, -0.2) is 29.2 Å². The van der Waals surface area contributed by atoms with Gasteiger partial charge in [-0.15, -0.1) is 0 Å². The molecule has 1 nitrogen and oxygen atoms in total. The second kappa shape index (κ2) is 2.98. The van der Waals surface area contributed by atoms with Crippen LogP contribution in [0.5, 0.6) is 0 Å². The van der Waals surface area contributed by atoms with E-state index in [4.69, 9.17) is 0 Å². The van der Waals surface area contributed by atoms with Crippen LogP contribution < -0.4 is 0 Å². The highest BCUT2D eigenvalue weighted by atomic mass is 15.4. The standard InChI is InChI=1S/C12H26N/c1-7-13(6)11(2,3)9-8-10-12(13,4)5/h7-10H2,1-6H3/q+1. The van der Waals surface area contributed by atoms with E-state index in [1.807, 2.05) is 0 Å². The molecule has 0 aromatic heterocycles. The normalized spacial score (nSPS) is 30.0. The predicted molar refractivity (Wildman–Crippen MR) is 58.7 cm³/mol. The molecule has 1 rings (SSSR count). The van der Waals surface area contributed by atoms with Crippen LogP contribution in [0.4, 0.5) is 0 Å². The van der Waals surface area contributed by atoms with Crippen molar-refractivity contribution in [3.63, 3.8) is 0 Å². The summed E-state index contributed by atoms with van der Waals surface area (Å²) in [4.78, 5) is 0. The van der Waals surface area contributed by atoms with Crippen LogP contribution in [0.2, 0.25) is 0 Å².